The van der Waals surface area contributed by atoms with E-state index in [0.717, 1.165) is 0 Å². The molecule has 0 aliphatic carbocycles. The zero-order valence-electron chi connectivity index (χ0n) is 2.97. The van der Waals surface area contributed by atoms with Gasteiger partial charge in [0.2, 0.25) is 7.85 Å². The molecular weight excluding hydrogens is 85.8 g/mol. The third-order valence-electron chi connectivity index (χ3n) is 0. The van der Waals surface area contributed by atoms with Crippen LogP contribution in [0.2, 0.25) is 0 Å². The van der Waals surface area contributed by atoms with Gasteiger partial charge in [-0.25, -0.2) is 10.5 Å². The molecule has 6 heavy (non-hydrogen) atoms. The fraction of sp³-hybridized carbons (Fsp3) is 0. The monoisotopic (exact) mass is 90.0 g/mol. The number of nitriles is 2. The van der Waals surface area contributed by atoms with E-state index in [-0.39, 0.29) is 29.6 Å². The van der Waals surface area contributed by atoms with Gasteiger partial charge in [0.25, 0.3) is 0 Å². The van der Waals surface area contributed by atoms with Gasteiger partial charge in [0.05, 0.1) is 0 Å². The Hall–Kier alpha value is 0.0449. The van der Waals surface area contributed by atoms with E-state index in [2.05, 4.69) is 6.57 Å². The molecule has 0 aliphatic heterocycles. The van der Waals surface area contributed by atoms with Crippen molar-refractivity contribution in [1.82, 2.24) is 0 Å². The van der Waals surface area contributed by atoms with E-state index >= 15 is 0 Å². The summed E-state index contributed by atoms with van der Waals surface area (Å²) in [6, 6.07) is 0. The Morgan fingerprint density at radius 3 is 1.50 bits per heavy atom. The molecule has 0 spiro atoms. The van der Waals surface area contributed by atoms with Gasteiger partial charge in [-0.2, -0.15) is 0 Å². The van der Waals surface area contributed by atoms with E-state index in [1.54, 1.807) is 5.97 Å². The van der Waals surface area contributed by atoms with Gasteiger partial charge in [0.15, 0.2) is 0 Å². The quantitative estimate of drug-likeness (QED) is 0.343. The topological polar surface area (TPSA) is 47.6 Å². The van der Waals surface area contributed by atoms with E-state index in [9.17, 15) is 0 Å². The second kappa shape index (κ2) is 75.6. The number of nitrogens with zero attached hydrogens (tertiary/aromatic N) is 2. The first-order valence-electron chi connectivity index (χ1n) is 0.982. The molecule has 4 heteroatoms. The third-order valence-corrected chi connectivity index (χ3v) is 0. The van der Waals surface area contributed by atoms with E-state index in [0.29, 0.717) is 0 Å². The summed E-state index contributed by atoms with van der Waals surface area (Å²) in [5.74, 6) is 1.75. The molecule has 2 nitrogen and oxygen atoms in total. The summed E-state index contributed by atoms with van der Waals surface area (Å²) in [4.78, 5) is 0. The molecule has 0 radical (unpaired) electrons. The number of hydrogen-bond acceptors (Lipinski definition) is 2. The molecule has 0 aliphatic rings. The van der Waals surface area contributed by atoms with Crippen molar-refractivity contribution in [1.29, 1.82) is 10.5 Å². The van der Waals surface area contributed by atoms with Gasteiger partial charge in [-0.15, -0.1) is 0 Å². The molecular formula is C2H4BN2Na. The molecule has 0 atom stereocenters. The van der Waals surface area contributed by atoms with Gasteiger partial charge in [-0.05, 0) is 5.97 Å². The van der Waals surface area contributed by atoms with Crippen LogP contribution in [0.1, 0.15) is 0 Å². The maximum atomic E-state index is 7.32. The van der Waals surface area contributed by atoms with Crippen LogP contribution in [0.15, 0.2) is 0 Å². The molecule has 0 bridgehead atoms. The Kier molecular flexibility index (Phi) is 209. The first-order valence-corrected chi connectivity index (χ1v) is 0.982. The molecule has 0 rings (SSSR count). The van der Waals surface area contributed by atoms with E-state index in [1.165, 1.54) is 7.85 Å². The molecule has 0 aromatic rings. The second-order valence-electron chi connectivity index (χ2n) is 0.224. The van der Waals surface area contributed by atoms with Crippen LogP contribution in [0, 0.1) is 23.1 Å². The summed E-state index contributed by atoms with van der Waals surface area (Å²) < 4.78 is 0. The van der Waals surface area contributed by atoms with E-state index < -0.39 is 0 Å². The summed E-state index contributed by atoms with van der Waals surface area (Å²) in [5, 5.41) is 13.8. The molecule has 0 amide bonds. The molecule has 0 N–H and O–H groups in total. The van der Waals surface area contributed by atoms with Crippen molar-refractivity contribution in [2.45, 2.75) is 0 Å². The molecule has 0 saturated carbocycles. The molecule has 0 aromatic heterocycles. The average Bonchev–Trinajstić information content (AvgIpc) is 1.46. The predicted molar refractivity (Wildman–Crippen MR) is 28.0 cm³/mol. The summed E-state index contributed by atoms with van der Waals surface area (Å²) >= 11 is 0. The molecule has 0 fully saturated rings. The number of hydrogen-bond donors (Lipinski definition) is 0. The fourth-order valence-electron chi connectivity index (χ4n) is 0. The van der Waals surface area contributed by atoms with Crippen molar-refractivity contribution < 1.29 is 0 Å². The van der Waals surface area contributed by atoms with Crippen molar-refractivity contribution in [2.24, 2.45) is 0 Å². The Bertz CT molecular complexity index is 54.3. The van der Waals surface area contributed by atoms with Crippen LogP contribution in [0.25, 0.3) is 0 Å². The van der Waals surface area contributed by atoms with Crippen LogP contribution >= 0.6 is 0 Å². The minimum absolute atomic E-state index is 0. The van der Waals surface area contributed by atoms with Crippen LogP contribution in [-0.2, 0) is 0 Å². The van der Waals surface area contributed by atoms with Crippen LogP contribution in [0.5, 0.6) is 0 Å². The predicted octanol–water partition coefficient (Wildman–Crippen LogP) is -1.41. The Morgan fingerprint density at radius 2 is 1.50 bits per heavy atom. The van der Waals surface area contributed by atoms with Crippen molar-refractivity contribution in [2.75, 3.05) is 0 Å². The van der Waals surface area contributed by atoms with Gasteiger partial charge in [0.1, 0.15) is 0 Å². The third kappa shape index (κ3) is 18600. The fourth-order valence-corrected chi connectivity index (χ4v) is 0. The van der Waals surface area contributed by atoms with Crippen molar-refractivity contribution in [3.8, 4) is 12.5 Å². The first-order chi connectivity index (χ1) is 2.41. The molecule has 0 aromatic carbocycles. The Balaban J connectivity index is -0.0000000275. The Morgan fingerprint density at radius 1 is 1.50 bits per heavy atom. The molecule has 0 unspecified atom stereocenters. The van der Waals surface area contributed by atoms with E-state index in [1.807, 2.05) is 0 Å². The summed E-state index contributed by atoms with van der Waals surface area (Å²) in [6.45, 7) is 3.50. The van der Waals surface area contributed by atoms with E-state index in [4.69, 9.17) is 10.5 Å². The van der Waals surface area contributed by atoms with Gasteiger partial charge < -0.3 is 0 Å². The SMILES string of the molecule is BC#N.C#N.[NaH]. The van der Waals surface area contributed by atoms with Crippen molar-refractivity contribution >= 4 is 37.4 Å². The first kappa shape index (κ1) is 16.6. The van der Waals surface area contributed by atoms with Crippen molar-refractivity contribution in [3.63, 3.8) is 0 Å². The van der Waals surface area contributed by atoms with Gasteiger partial charge in [-0.1, -0.05) is 0 Å². The molecule has 0 saturated heterocycles. The van der Waals surface area contributed by atoms with Gasteiger partial charge in [0, 0.05) is 6.57 Å². The summed E-state index contributed by atoms with van der Waals surface area (Å²) in [5.41, 5.74) is 0. The Labute approximate surface area is 60.5 Å². The summed E-state index contributed by atoms with van der Waals surface area (Å²) in [7, 11) is 1.43. The normalized spacial score (nSPS) is 1.50. The zero-order valence-corrected chi connectivity index (χ0v) is 2.97. The minimum atomic E-state index is 0. The second-order valence-corrected chi connectivity index (χ2v) is 0.224. The van der Waals surface area contributed by atoms with Crippen LogP contribution in [0.3, 0.4) is 0 Å². The van der Waals surface area contributed by atoms with Gasteiger partial charge >= 0.3 is 29.6 Å². The van der Waals surface area contributed by atoms with Gasteiger partial charge in [-0.3, -0.25) is 0 Å². The number of rotatable bonds is 0. The molecule has 26 valence electrons. The van der Waals surface area contributed by atoms with Crippen LogP contribution < -0.4 is 0 Å². The maximum absolute atomic E-state index is 7.32. The van der Waals surface area contributed by atoms with Crippen LogP contribution in [0.4, 0.5) is 0 Å². The van der Waals surface area contributed by atoms with Crippen LogP contribution in [-0.4, -0.2) is 37.4 Å². The summed E-state index contributed by atoms with van der Waals surface area (Å²) in [6.07, 6.45) is 0. The zero-order chi connectivity index (χ0) is 4.71. The average molecular weight is 89.9 g/mol. The molecule has 0 heterocycles. The standard InChI is InChI=1S/CH2BN.CHN.Na.H/c2-1-3;1-2;;/h2H2;1H;;. The van der Waals surface area contributed by atoms with Crippen molar-refractivity contribution in [3.05, 3.63) is 0 Å².